The first-order valence-corrected chi connectivity index (χ1v) is 5.27. The highest BCUT2D eigenvalue weighted by Gasteiger charge is 2.29. The van der Waals surface area contributed by atoms with E-state index in [1.807, 2.05) is 0 Å². The number of benzene rings is 1. The van der Waals surface area contributed by atoms with Crippen LogP contribution >= 0.6 is 0 Å². The van der Waals surface area contributed by atoms with Gasteiger partial charge in [-0.1, -0.05) is 12.1 Å². The van der Waals surface area contributed by atoms with Crippen LogP contribution in [0, 0.1) is 0 Å². The zero-order valence-corrected chi connectivity index (χ0v) is 9.60. The Balaban J connectivity index is 2.36. The summed E-state index contributed by atoms with van der Waals surface area (Å²) in [6.45, 7) is 3.02. The quantitative estimate of drug-likeness (QED) is 0.422. The molecule has 88 valence electrons. The number of rotatable bonds is 1. The molecule has 4 nitrogen and oxygen atoms in total. The van der Waals surface area contributed by atoms with Gasteiger partial charge in [-0.3, -0.25) is 9.59 Å². The minimum Gasteiger partial charge on any atom is -0.485 e. The molecule has 1 aromatic rings. The molecule has 17 heavy (non-hydrogen) atoms. The third kappa shape index (κ3) is 2.20. The number of esters is 1. The first-order valence-electron chi connectivity index (χ1n) is 5.27. The van der Waals surface area contributed by atoms with Crippen molar-refractivity contribution in [3.8, 4) is 5.75 Å². The van der Waals surface area contributed by atoms with Crippen molar-refractivity contribution in [3.05, 3.63) is 41.7 Å². The second-order valence-electron chi connectivity index (χ2n) is 3.77. The maximum Gasteiger partial charge on any atom is 0.307 e. The highest BCUT2D eigenvalue weighted by atomic mass is 16.5. The largest absolute Gasteiger partial charge is 0.485 e. The van der Waals surface area contributed by atoms with E-state index in [4.69, 9.17) is 9.47 Å². The van der Waals surface area contributed by atoms with Crippen LogP contribution in [0.5, 0.6) is 5.75 Å². The van der Waals surface area contributed by atoms with E-state index < -0.39 is 12.1 Å². The van der Waals surface area contributed by atoms with Crippen LogP contribution in [-0.4, -0.2) is 17.9 Å². The normalized spacial score (nSPS) is 20.7. The van der Waals surface area contributed by atoms with Gasteiger partial charge in [0, 0.05) is 6.92 Å². The Bertz CT molecular complexity index is 502. The van der Waals surface area contributed by atoms with Crippen molar-refractivity contribution in [2.75, 3.05) is 0 Å². The average molecular weight is 232 g/mol. The van der Waals surface area contributed by atoms with Crippen LogP contribution in [-0.2, 0) is 9.53 Å². The van der Waals surface area contributed by atoms with Crippen LogP contribution in [0.25, 0.3) is 0 Å². The standard InChI is InChI=1S/C13H12O4/c1-8-11(7-16-9(2)14)13(15)10-5-3-4-6-12(10)17-8/h3-8H,1-2H3/b11-7-. The second-order valence-corrected chi connectivity index (χ2v) is 3.77. The Morgan fingerprint density at radius 1 is 1.41 bits per heavy atom. The molecule has 0 amide bonds. The van der Waals surface area contributed by atoms with Crippen LogP contribution in [0.15, 0.2) is 36.1 Å². The summed E-state index contributed by atoms with van der Waals surface area (Å²) in [5.41, 5.74) is 0.836. The van der Waals surface area contributed by atoms with Crippen LogP contribution in [0.2, 0.25) is 0 Å². The van der Waals surface area contributed by atoms with Crippen molar-refractivity contribution in [2.45, 2.75) is 20.0 Å². The zero-order chi connectivity index (χ0) is 12.4. The molecule has 2 rings (SSSR count). The summed E-state index contributed by atoms with van der Waals surface area (Å²) in [4.78, 5) is 22.8. The summed E-state index contributed by atoms with van der Waals surface area (Å²) in [6, 6.07) is 7.00. The van der Waals surface area contributed by atoms with Crippen molar-refractivity contribution in [1.82, 2.24) is 0 Å². The molecule has 0 aromatic heterocycles. The number of hydrogen-bond acceptors (Lipinski definition) is 4. The molecule has 0 saturated carbocycles. The van der Waals surface area contributed by atoms with Gasteiger partial charge in [-0.15, -0.1) is 0 Å². The molecule has 0 N–H and O–H groups in total. The lowest BCUT2D eigenvalue weighted by molar-refractivity contribution is -0.135. The van der Waals surface area contributed by atoms with Gasteiger partial charge < -0.3 is 9.47 Å². The Labute approximate surface area is 98.8 Å². The molecule has 1 aromatic carbocycles. The maximum atomic E-state index is 12.1. The molecule has 0 fully saturated rings. The van der Waals surface area contributed by atoms with Crippen molar-refractivity contribution < 1.29 is 19.1 Å². The van der Waals surface area contributed by atoms with Gasteiger partial charge in [-0.05, 0) is 19.1 Å². The monoisotopic (exact) mass is 232 g/mol. The number of hydrogen-bond donors (Lipinski definition) is 0. The second kappa shape index (κ2) is 4.41. The molecule has 1 aliphatic rings. The third-order valence-corrected chi connectivity index (χ3v) is 2.49. The van der Waals surface area contributed by atoms with Gasteiger partial charge in [-0.2, -0.15) is 0 Å². The number of carbonyl (C=O) groups excluding carboxylic acids is 2. The summed E-state index contributed by atoms with van der Waals surface area (Å²) in [7, 11) is 0. The lowest BCUT2D eigenvalue weighted by atomic mass is 9.97. The third-order valence-electron chi connectivity index (χ3n) is 2.49. The van der Waals surface area contributed by atoms with Crippen LogP contribution in [0.3, 0.4) is 0 Å². The molecule has 4 heteroatoms. The van der Waals surface area contributed by atoms with E-state index in [0.29, 0.717) is 16.9 Å². The predicted molar refractivity (Wildman–Crippen MR) is 60.7 cm³/mol. The topological polar surface area (TPSA) is 52.6 Å². The van der Waals surface area contributed by atoms with Crippen molar-refractivity contribution in [2.24, 2.45) is 0 Å². The highest BCUT2D eigenvalue weighted by Crippen LogP contribution is 2.30. The highest BCUT2D eigenvalue weighted by molar-refractivity contribution is 6.12. The number of para-hydroxylation sites is 1. The lowest BCUT2D eigenvalue weighted by Crippen LogP contribution is -2.27. The van der Waals surface area contributed by atoms with Gasteiger partial charge in [0.15, 0.2) is 5.78 Å². The molecule has 1 heterocycles. The lowest BCUT2D eigenvalue weighted by Gasteiger charge is -2.24. The van der Waals surface area contributed by atoms with Crippen LogP contribution in [0.4, 0.5) is 0 Å². The average Bonchev–Trinajstić information content (AvgIpc) is 2.28. The minimum atomic E-state index is -0.462. The van der Waals surface area contributed by atoms with E-state index in [0.717, 1.165) is 0 Å². The van der Waals surface area contributed by atoms with E-state index in [-0.39, 0.29) is 5.78 Å². The zero-order valence-electron chi connectivity index (χ0n) is 9.60. The van der Waals surface area contributed by atoms with E-state index in [2.05, 4.69) is 0 Å². The van der Waals surface area contributed by atoms with Crippen LogP contribution < -0.4 is 4.74 Å². The van der Waals surface area contributed by atoms with Gasteiger partial charge in [-0.25, -0.2) is 0 Å². The van der Waals surface area contributed by atoms with E-state index in [9.17, 15) is 9.59 Å². The Morgan fingerprint density at radius 2 is 2.12 bits per heavy atom. The fourth-order valence-corrected chi connectivity index (χ4v) is 1.65. The Hall–Kier alpha value is -2.10. The molecule has 0 saturated heterocycles. The molecule has 1 unspecified atom stereocenters. The van der Waals surface area contributed by atoms with Crippen molar-refractivity contribution >= 4 is 11.8 Å². The summed E-state index contributed by atoms with van der Waals surface area (Å²) in [6.07, 6.45) is 0.752. The Kier molecular flexibility index (Phi) is 2.95. The molecule has 1 aliphatic heterocycles. The van der Waals surface area contributed by atoms with Gasteiger partial charge in [0.1, 0.15) is 18.1 Å². The fraction of sp³-hybridized carbons (Fsp3) is 0.231. The summed E-state index contributed by atoms with van der Waals surface area (Å²) < 4.78 is 10.3. The van der Waals surface area contributed by atoms with Gasteiger partial charge in [0.2, 0.25) is 0 Å². The first kappa shape index (κ1) is 11.4. The van der Waals surface area contributed by atoms with E-state index in [1.54, 1.807) is 31.2 Å². The number of fused-ring (bicyclic) bond motifs is 1. The number of carbonyl (C=O) groups is 2. The maximum absolute atomic E-state index is 12.1. The van der Waals surface area contributed by atoms with Crippen molar-refractivity contribution in [3.63, 3.8) is 0 Å². The summed E-state index contributed by atoms with van der Waals surface area (Å²) in [5, 5.41) is 0. The smallest absolute Gasteiger partial charge is 0.307 e. The summed E-state index contributed by atoms with van der Waals surface area (Å²) in [5.74, 6) is -0.0677. The molecule has 0 aliphatic carbocycles. The molecular weight excluding hydrogens is 220 g/mol. The summed E-state index contributed by atoms with van der Waals surface area (Å²) >= 11 is 0. The van der Waals surface area contributed by atoms with Gasteiger partial charge in [0.25, 0.3) is 0 Å². The van der Waals surface area contributed by atoms with E-state index in [1.165, 1.54) is 13.2 Å². The number of ketones is 1. The first-order chi connectivity index (χ1) is 8.09. The molecule has 1 atom stereocenters. The number of ether oxygens (including phenoxy) is 2. The molecule has 0 radical (unpaired) electrons. The Morgan fingerprint density at radius 3 is 2.82 bits per heavy atom. The minimum absolute atomic E-state index is 0.166. The van der Waals surface area contributed by atoms with Gasteiger partial charge in [0.05, 0.1) is 11.1 Å². The molecular formula is C13H12O4. The predicted octanol–water partition coefficient (Wildman–Crippen LogP) is 2.10. The van der Waals surface area contributed by atoms with Crippen molar-refractivity contribution in [1.29, 1.82) is 0 Å². The fourth-order valence-electron chi connectivity index (χ4n) is 1.65. The number of Topliss-reactive ketones (excluding diaryl/α,β-unsaturated/α-hetero) is 1. The van der Waals surface area contributed by atoms with Gasteiger partial charge >= 0.3 is 5.97 Å². The molecule has 0 spiro atoms. The SMILES string of the molecule is CC(=O)O/C=C1\C(=O)c2ccccc2OC1C. The van der Waals surface area contributed by atoms with E-state index >= 15 is 0 Å². The molecule has 0 bridgehead atoms. The van der Waals surface area contributed by atoms with Crippen LogP contribution in [0.1, 0.15) is 24.2 Å².